The fourth-order valence-corrected chi connectivity index (χ4v) is 1.77. The molecule has 0 saturated carbocycles. The molecule has 0 aliphatic carbocycles. The second-order valence-corrected chi connectivity index (χ2v) is 4.84. The second-order valence-electron chi connectivity index (χ2n) is 3.92. The first kappa shape index (κ1) is 12.8. The van der Waals surface area contributed by atoms with Crippen molar-refractivity contribution in [3.8, 4) is 0 Å². The Kier molecular flexibility index (Phi) is 3.78. The molecule has 2 rings (SSSR count). The normalized spacial score (nSPS) is 12.2. The highest BCUT2D eigenvalue weighted by Crippen LogP contribution is 2.16. The molecule has 2 aromatic rings. The Balaban J connectivity index is 2.05. The Morgan fingerprint density at radius 3 is 2.67 bits per heavy atom. The van der Waals surface area contributed by atoms with Crippen LogP contribution in [-0.4, -0.2) is 15.7 Å². The van der Waals surface area contributed by atoms with Crippen LogP contribution in [-0.2, 0) is 11.8 Å². The van der Waals surface area contributed by atoms with Crippen molar-refractivity contribution in [1.82, 2.24) is 9.78 Å². The van der Waals surface area contributed by atoms with E-state index in [4.69, 9.17) is 5.73 Å². The SMILES string of the molecule is Cn1cc(C(N)C(=O)Nc2ccc(Br)cc2)cn1. The molecule has 1 unspecified atom stereocenters. The minimum absolute atomic E-state index is 0.259. The van der Waals surface area contributed by atoms with E-state index < -0.39 is 6.04 Å². The van der Waals surface area contributed by atoms with Crippen molar-refractivity contribution in [2.45, 2.75) is 6.04 Å². The minimum Gasteiger partial charge on any atom is -0.324 e. The molecule has 5 nitrogen and oxygen atoms in total. The molecule has 94 valence electrons. The summed E-state index contributed by atoms with van der Waals surface area (Å²) in [5, 5.41) is 6.74. The Bertz CT molecular complexity index is 549. The van der Waals surface area contributed by atoms with Gasteiger partial charge in [0.2, 0.25) is 5.91 Å². The predicted molar refractivity (Wildman–Crippen MR) is 72.9 cm³/mol. The number of hydrogen-bond acceptors (Lipinski definition) is 3. The van der Waals surface area contributed by atoms with Gasteiger partial charge < -0.3 is 11.1 Å². The summed E-state index contributed by atoms with van der Waals surface area (Å²) in [5.41, 5.74) is 7.25. The molecule has 1 heterocycles. The van der Waals surface area contributed by atoms with E-state index in [9.17, 15) is 4.79 Å². The molecule has 0 aliphatic rings. The molecule has 1 amide bonds. The molecule has 0 radical (unpaired) electrons. The number of nitrogens with zero attached hydrogens (tertiary/aromatic N) is 2. The highest BCUT2D eigenvalue weighted by Gasteiger charge is 2.17. The number of aryl methyl sites for hydroxylation is 1. The van der Waals surface area contributed by atoms with Crippen LogP contribution >= 0.6 is 15.9 Å². The van der Waals surface area contributed by atoms with Crippen molar-refractivity contribution in [3.63, 3.8) is 0 Å². The van der Waals surface area contributed by atoms with Crippen molar-refractivity contribution >= 4 is 27.5 Å². The number of rotatable bonds is 3. The van der Waals surface area contributed by atoms with Crippen LogP contribution in [0.2, 0.25) is 0 Å². The number of amides is 1. The number of carbonyl (C=O) groups excluding carboxylic acids is 1. The van der Waals surface area contributed by atoms with Crippen LogP contribution in [0.4, 0.5) is 5.69 Å². The van der Waals surface area contributed by atoms with E-state index in [2.05, 4.69) is 26.3 Å². The summed E-state index contributed by atoms with van der Waals surface area (Å²) < 4.78 is 2.57. The third kappa shape index (κ3) is 2.96. The summed E-state index contributed by atoms with van der Waals surface area (Å²) in [5.74, 6) is -0.259. The third-order valence-electron chi connectivity index (χ3n) is 2.48. The van der Waals surface area contributed by atoms with Gasteiger partial charge in [-0.3, -0.25) is 9.48 Å². The lowest BCUT2D eigenvalue weighted by Gasteiger charge is -2.10. The average Bonchev–Trinajstić information content (AvgIpc) is 2.78. The first-order chi connectivity index (χ1) is 8.56. The first-order valence-corrected chi connectivity index (χ1v) is 6.16. The van der Waals surface area contributed by atoms with E-state index in [0.717, 1.165) is 4.47 Å². The minimum atomic E-state index is -0.720. The van der Waals surface area contributed by atoms with Gasteiger partial charge in [-0.2, -0.15) is 5.10 Å². The monoisotopic (exact) mass is 308 g/mol. The first-order valence-electron chi connectivity index (χ1n) is 5.37. The molecule has 3 N–H and O–H groups in total. The maximum absolute atomic E-state index is 11.9. The zero-order valence-electron chi connectivity index (χ0n) is 9.80. The van der Waals surface area contributed by atoms with Crippen LogP contribution in [0.3, 0.4) is 0 Å². The number of carbonyl (C=O) groups is 1. The molecule has 0 aliphatic heterocycles. The van der Waals surface area contributed by atoms with Crippen molar-refractivity contribution < 1.29 is 4.79 Å². The van der Waals surface area contributed by atoms with Crippen LogP contribution in [0.15, 0.2) is 41.1 Å². The predicted octanol–water partition coefficient (Wildman–Crippen LogP) is 1.82. The number of nitrogens with one attached hydrogen (secondary N) is 1. The molecular formula is C12H13BrN4O. The fraction of sp³-hybridized carbons (Fsp3) is 0.167. The van der Waals surface area contributed by atoms with E-state index in [0.29, 0.717) is 11.3 Å². The van der Waals surface area contributed by atoms with Crippen LogP contribution in [0, 0.1) is 0 Å². The van der Waals surface area contributed by atoms with E-state index in [1.165, 1.54) is 0 Å². The lowest BCUT2D eigenvalue weighted by Crippen LogP contribution is -2.27. The van der Waals surface area contributed by atoms with Crippen LogP contribution in [0.5, 0.6) is 0 Å². The summed E-state index contributed by atoms with van der Waals surface area (Å²) in [6, 6.07) is 6.59. The van der Waals surface area contributed by atoms with E-state index in [1.54, 1.807) is 36.3 Å². The molecule has 0 fully saturated rings. The second kappa shape index (κ2) is 5.32. The van der Waals surface area contributed by atoms with E-state index in [1.807, 2.05) is 12.1 Å². The molecular weight excluding hydrogens is 296 g/mol. The number of anilines is 1. The maximum atomic E-state index is 11.9. The highest BCUT2D eigenvalue weighted by molar-refractivity contribution is 9.10. The van der Waals surface area contributed by atoms with Crippen molar-refractivity contribution in [2.75, 3.05) is 5.32 Å². The lowest BCUT2D eigenvalue weighted by atomic mass is 10.1. The van der Waals surface area contributed by atoms with E-state index >= 15 is 0 Å². The molecule has 0 saturated heterocycles. The van der Waals surface area contributed by atoms with Gasteiger partial charge in [0.1, 0.15) is 6.04 Å². The smallest absolute Gasteiger partial charge is 0.246 e. The molecule has 1 aromatic carbocycles. The zero-order chi connectivity index (χ0) is 13.1. The molecule has 1 atom stereocenters. The summed E-state index contributed by atoms with van der Waals surface area (Å²) in [6.07, 6.45) is 3.32. The van der Waals surface area contributed by atoms with Crippen LogP contribution in [0.25, 0.3) is 0 Å². The number of halogens is 1. The average molecular weight is 309 g/mol. The van der Waals surface area contributed by atoms with E-state index in [-0.39, 0.29) is 5.91 Å². The van der Waals surface area contributed by atoms with Gasteiger partial charge in [0.05, 0.1) is 6.20 Å². The van der Waals surface area contributed by atoms with Gasteiger partial charge in [-0.05, 0) is 24.3 Å². The van der Waals surface area contributed by atoms with Gasteiger partial charge in [-0.25, -0.2) is 0 Å². The Labute approximate surface area is 113 Å². The standard InChI is InChI=1S/C12H13BrN4O/c1-17-7-8(6-15-17)11(14)12(18)16-10-4-2-9(13)3-5-10/h2-7,11H,14H2,1H3,(H,16,18). The molecule has 18 heavy (non-hydrogen) atoms. The van der Waals surface area contributed by atoms with Gasteiger partial charge in [-0.1, -0.05) is 15.9 Å². The van der Waals surface area contributed by atoms with Gasteiger partial charge >= 0.3 is 0 Å². The molecule has 0 spiro atoms. The summed E-state index contributed by atoms with van der Waals surface area (Å²) in [7, 11) is 1.78. The lowest BCUT2D eigenvalue weighted by molar-refractivity contribution is -0.117. The van der Waals surface area contributed by atoms with Crippen molar-refractivity contribution in [1.29, 1.82) is 0 Å². The largest absolute Gasteiger partial charge is 0.324 e. The van der Waals surface area contributed by atoms with Crippen molar-refractivity contribution in [3.05, 3.63) is 46.7 Å². The number of aromatic nitrogens is 2. The Morgan fingerprint density at radius 2 is 2.11 bits per heavy atom. The van der Waals surface area contributed by atoms with Gasteiger partial charge in [-0.15, -0.1) is 0 Å². The number of hydrogen-bond donors (Lipinski definition) is 2. The summed E-state index contributed by atoms with van der Waals surface area (Å²) in [6.45, 7) is 0. The fourth-order valence-electron chi connectivity index (χ4n) is 1.51. The third-order valence-corrected chi connectivity index (χ3v) is 3.01. The number of benzene rings is 1. The van der Waals surface area contributed by atoms with Crippen LogP contribution < -0.4 is 11.1 Å². The molecule has 1 aromatic heterocycles. The maximum Gasteiger partial charge on any atom is 0.246 e. The Hall–Kier alpha value is -1.66. The van der Waals surface area contributed by atoms with Gasteiger partial charge in [0.15, 0.2) is 0 Å². The molecule has 0 bridgehead atoms. The topological polar surface area (TPSA) is 72.9 Å². The molecule has 6 heteroatoms. The van der Waals surface area contributed by atoms with Gasteiger partial charge in [0.25, 0.3) is 0 Å². The highest BCUT2D eigenvalue weighted by atomic mass is 79.9. The quantitative estimate of drug-likeness (QED) is 0.908. The zero-order valence-corrected chi connectivity index (χ0v) is 11.4. The van der Waals surface area contributed by atoms with Gasteiger partial charge in [0, 0.05) is 29.0 Å². The Morgan fingerprint density at radius 1 is 1.44 bits per heavy atom. The van der Waals surface area contributed by atoms with Crippen molar-refractivity contribution in [2.24, 2.45) is 12.8 Å². The summed E-state index contributed by atoms with van der Waals surface area (Å²) in [4.78, 5) is 11.9. The number of nitrogens with two attached hydrogens (primary N) is 1. The van der Waals surface area contributed by atoms with Crippen LogP contribution in [0.1, 0.15) is 11.6 Å². The summed E-state index contributed by atoms with van der Waals surface area (Å²) >= 11 is 3.33.